The van der Waals surface area contributed by atoms with E-state index in [0.29, 0.717) is 0 Å². The number of nitrogens with zero attached hydrogens (tertiary/aromatic N) is 3. The highest BCUT2D eigenvalue weighted by molar-refractivity contribution is 5.97. The number of fused-ring (bicyclic) bond motifs is 2. The lowest BCUT2D eigenvalue weighted by Gasteiger charge is -2.27. The summed E-state index contributed by atoms with van der Waals surface area (Å²) in [5, 5.41) is 0. The summed E-state index contributed by atoms with van der Waals surface area (Å²) >= 11 is 0. The highest BCUT2D eigenvalue weighted by Gasteiger charge is 2.32. The van der Waals surface area contributed by atoms with E-state index < -0.39 is 0 Å². The number of benzene rings is 1. The predicted molar refractivity (Wildman–Crippen MR) is 76.5 cm³/mol. The highest BCUT2D eigenvalue weighted by atomic mass is 16.2. The summed E-state index contributed by atoms with van der Waals surface area (Å²) in [5.41, 5.74) is 2.40. The van der Waals surface area contributed by atoms with E-state index in [0.717, 1.165) is 43.9 Å². The Balaban J connectivity index is 1.58. The molecule has 0 bridgehead atoms. The van der Waals surface area contributed by atoms with Crippen LogP contribution >= 0.6 is 0 Å². The molecular weight excluding hydrogens is 250 g/mol. The first kappa shape index (κ1) is 11.7. The second kappa shape index (κ2) is 4.47. The van der Waals surface area contributed by atoms with Crippen molar-refractivity contribution in [3.05, 3.63) is 48.0 Å². The average molecular weight is 267 g/mol. The van der Waals surface area contributed by atoms with Gasteiger partial charge in [0.15, 0.2) is 0 Å². The zero-order valence-corrected chi connectivity index (χ0v) is 11.3. The maximum Gasteiger partial charge on any atom is 0.231 e. The maximum absolute atomic E-state index is 12.8. The van der Waals surface area contributed by atoms with E-state index in [2.05, 4.69) is 21.7 Å². The van der Waals surface area contributed by atoms with Gasteiger partial charge in [-0.05, 0) is 24.5 Å². The number of hydrogen-bond donors (Lipinski definition) is 0. The standard InChI is InChI=1S/C16H17N3O/c20-16(13-5-6-15-17-8-10-18(15)11-13)19-9-7-12-3-1-2-4-14(12)19/h1-4,8,10,13H,5-7,9,11H2. The fourth-order valence-electron chi connectivity index (χ4n) is 3.36. The van der Waals surface area contributed by atoms with Crippen LogP contribution in [0.5, 0.6) is 0 Å². The third-order valence-electron chi connectivity index (χ3n) is 4.44. The van der Waals surface area contributed by atoms with Gasteiger partial charge >= 0.3 is 0 Å². The van der Waals surface area contributed by atoms with Gasteiger partial charge in [-0.15, -0.1) is 0 Å². The molecule has 1 amide bonds. The lowest BCUT2D eigenvalue weighted by Crippen LogP contribution is -2.38. The Labute approximate surface area is 118 Å². The molecule has 0 N–H and O–H groups in total. The van der Waals surface area contributed by atoms with Crippen LogP contribution in [0, 0.1) is 5.92 Å². The van der Waals surface area contributed by atoms with Crippen molar-refractivity contribution in [3.8, 4) is 0 Å². The number of para-hydroxylation sites is 1. The smallest absolute Gasteiger partial charge is 0.231 e. The van der Waals surface area contributed by atoms with E-state index in [1.54, 1.807) is 0 Å². The molecule has 1 aromatic carbocycles. The van der Waals surface area contributed by atoms with Gasteiger partial charge in [0.05, 0.1) is 5.92 Å². The SMILES string of the molecule is O=C(C1CCc2nccn2C1)N1CCc2ccccc21. The van der Waals surface area contributed by atoms with Crippen molar-refractivity contribution in [2.75, 3.05) is 11.4 Å². The molecule has 2 aliphatic rings. The van der Waals surface area contributed by atoms with Crippen LogP contribution in [0.3, 0.4) is 0 Å². The van der Waals surface area contributed by atoms with E-state index in [-0.39, 0.29) is 11.8 Å². The number of rotatable bonds is 1. The van der Waals surface area contributed by atoms with Crippen molar-refractivity contribution in [1.82, 2.24) is 9.55 Å². The number of amides is 1. The van der Waals surface area contributed by atoms with Crippen LogP contribution in [0.15, 0.2) is 36.7 Å². The summed E-state index contributed by atoms with van der Waals surface area (Å²) in [6.45, 7) is 1.60. The van der Waals surface area contributed by atoms with Gasteiger partial charge in [0, 0.05) is 37.6 Å². The monoisotopic (exact) mass is 267 g/mol. The number of aryl methyl sites for hydroxylation is 1. The summed E-state index contributed by atoms with van der Waals surface area (Å²) in [5.74, 6) is 1.47. The molecule has 4 heteroatoms. The van der Waals surface area contributed by atoms with Gasteiger partial charge < -0.3 is 9.47 Å². The molecule has 2 aromatic rings. The van der Waals surface area contributed by atoms with Crippen LogP contribution in [-0.2, 0) is 24.2 Å². The molecule has 102 valence electrons. The molecule has 0 radical (unpaired) electrons. The minimum atomic E-state index is 0.0860. The number of carbonyl (C=O) groups excluding carboxylic acids is 1. The van der Waals surface area contributed by atoms with E-state index >= 15 is 0 Å². The number of aromatic nitrogens is 2. The van der Waals surface area contributed by atoms with Gasteiger partial charge in [0.2, 0.25) is 5.91 Å². The van der Waals surface area contributed by atoms with Crippen LogP contribution in [0.1, 0.15) is 17.8 Å². The Bertz CT molecular complexity index is 661. The van der Waals surface area contributed by atoms with Crippen molar-refractivity contribution in [3.63, 3.8) is 0 Å². The Morgan fingerprint density at radius 1 is 1.25 bits per heavy atom. The van der Waals surface area contributed by atoms with E-state index in [1.165, 1.54) is 5.56 Å². The van der Waals surface area contributed by atoms with Gasteiger partial charge in [-0.3, -0.25) is 4.79 Å². The number of carbonyl (C=O) groups is 1. The highest BCUT2D eigenvalue weighted by Crippen LogP contribution is 2.30. The first-order valence-corrected chi connectivity index (χ1v) is 7.22. The third kappa shape index (κ3) is 1.75. The Hall–Kier alpha value is -2.10. The molecule has 3 heterocycles. The summed E-state index contributed by atoms with van der Waals surface area (Å²) in [4.78, 5) is 19.1. The molecule has 2 aliphatic heterocycles. The number of anilines is 1. The lowest BCUT2D eigenvalue weighted by atomic mass is 9.98. The van der Waals surface area contributed by atoms with Crippen LogP contribution in [0.2, 0.25) is 0 Å². The van der Waals surface area contributed by atoms with Crippen molar-refractivity contribution < 1.29 is 4.79 Å². The Kier molecular flexibility index (Phi) is 2.62. The van der Waals surface area contributed by atoms with Crippen molar-refractivity contribution in [1.29, 1.82) is 0 Å². The van der Waals surface area contributed by atoms with Gasteiger partial charge in [0.25, 0.3) is 0 Å². The van der Waals surface area contributed by atoms with Gasteiger partial charge in [-0.2, -0.15) is 0 Å². The number of imidazole rings is 1. The van der Waals surface area contributed by atoms with E-state index in [4.69, 9.17) is 0 Å². The minimum absolute atomic E-state index is 0.0860. The molecule has 0 aliphatic carbocycles. The molecule has 1 unspecified atom stereocenters. The molecular formula is C16H17N3O. The zero-order valence-electron chi connectivity index (χ0n) is 11.3. The Morgan fingerprint density at radius 3 is 3.10 bits per heavy atom. The summed E-state index contributed by atoms with van der Waals surface area (Å²) in [7, 11) is 0. The predicted octanol–water partition coefficient (Wildman–Crippen LogP) is 2.03. The fourth-order valence-corrected chi connectivity index (χ4v) is 3.36. The van der Waals surface area contributed by atoms with Crippen molar-refractivity contribution >= 4 is 11.6 Å². The summed E-state index contributed by atoms with van der Waals surface area (Å²) < 4.78 is 2.12. The van der Waals surface area contributed by atoms with Crippen LogP contribution in [0.25, 0.3) is 0 Å². The van der Waals surface area contributed by atoms with E-state index in [1.807, 2.05) is 29.4 Å². The van der Waals surface area contributed by atoms with Crippen LogP contribution in [0.4, 0.5) is 5.69 Å². The summed E-state index contributed by atoms with van der Waals surface area (Å²) in [6, 6.07) is 8.24. The van der Waals surface area contributed by atoms with Crippen LogP contribution < -0.4 is 4.90 Å². The lowest BCUT2D eigenvalue weighted by molar-refractivity contribution is -0.123. The van der Waals surface area contributed by atoms with Crippen molar-refractivity contribution in [2.24, 2.45) is 5.92 Å². The van der Waals surface area contributed by atoms with Gasteiger partial charge in [0.1, 0.15) is 5.82 Å². The van der Waals surface area contributed by atoms with Crippen LogP contribution in [-0.4, -0.2) is 22.0 Å². The van der Waals surface area contributed by atoms with Crippen molar-refractivity contribution in [2.45, 2.75) is 25.8 Å². The molecule has 0 spiro atoms. The van der Waals surface area contributed by atoms with Gasteiger partial charge in [-0.25, -0.2) is 4.98 Å². The fraction of sp³-hybridized carbons (Fsp3) is 0.375. The van der Waals surface area contributed by atoms with Gasteiger partial charge in [-0.1, -0.05) is 18.2 Å². The number of hydrogen-bond acceptors (Lipinski definition) is 2. The normalized spacial score (nSPS) is 20.6. The first-order chi connectivity index (χ1) is 9.83. The average Bonchev–Trinajstić information content (AvgIpc) is 3.12. The minimum Gasteiger partial charge on any atom is -0.334 e. The summed E-state index contributed by atoms with van der Waals surface area (Å²) in [6.07, 6.45) is 6.60. The molecule has 0 saturated heterocycles. The molecule has 4 rings (SSSR count). The molecule has 20 heavy (non-hydrogen) atoms. The molecule has 1 atom stereocenters. The molecule has 1 aromatic heterocycles. The molecule has 0 fully saturated rings. The topological polar surface area (TPSA) is 38.1 Å². The third-order valence-corrected chi connectivity index (χ3v) is 4.44. The zero-order chi connectivity index (χ0) is 13.5. The molecule has 4 nitrogen and oxygen atoms in total. The quantitative estimate of drug-likeness (QED) is 0.793. The first-order valence-electron chi connectivity index (χ1n) is 7.22. The van der Waals surface area contributed by atoms with E-state index in [9.17, 15) is 4.79 Å². The Morgan fingerprint density at radius 2 is 2.15 bits per heavy atom. The molecule has 0 saturated carbocycles. The largest absolute Gasteiger partial charge is 0.334 e. The second-order valence-corrected chi connectivity index (χ2v) is 5.60. The maximum atomic E-state index is 12.8. The second-order valence-electron chi connectivity index (χ2n) is 5.60.